The molecular formula is C18H28N2O. The lowest BCUT2D eigenvalue weighted by molar-refractivity contribution is -0.114. The van der Waals surface area contributed by atoms with Crippen molar-refractivity contribution in [2.75, 3.05) is 11.9 Å². The maximum absolute atomic E-state index is 11.1. The molecule has 0 saturated heterocycles. The highest BCUT2D eigenvalue weighted by Crippen LogP contribution is 2.23. The highest BCUT2D eigenvalue weighted by molar-refractivity contribution is 5.88. The van der Waals surface area contributed by atoms with Gasteiger partial charge in [0.1, 0.15) is 0 Å². The van der Waals surface area contributed by atoms with E-state index in [9.17, 15) is 4.79 Å². The maximum atomic E-state index is 11.1. The third-order valence-electron chi connectivity index (χ3n) is 4.39. The summed E-state index contributed by atoms with van der Waals surface area (Å²) in [6, 6.07) is 8.44. The molecule has 1 aromatic rings. The summed E-state index contributed by atoms with van der Waals surface area (Å²) >= 11 is 0. The lowest BCUT2D eigenvalue weighted by Gasteiger charge is -2.20. The molecule has 0 aromatic heterocycles. The topological polar surface area (TPSA) is 41.1 Å². The van der Waals surface area contributed by atoms with Crippen molar-refractivity contribution in [3.63, 3.8) is 0 Å². The Morgan fingerprint density at radius 1 is 1.24 bits per heavy atom. The molecule has 0 bridgehead atoms. The van der Waals surface area contributed by atoms with E-state index in [1.54, 1.807) is 6.92 Å². The molecule has 1 fully saturated rings. The Labute approximate surface area is 128 Å². The predicted octanol–water partition coefficient (Wildman–Crippen LogP) is 4.27. The van der Waals surface area contributed by atoms with Gasteiger partial charge in [0.15, 0.2) is 0 Å². The second kappa shape index (κ2) is 8.18. The Bertz CT molecular complexity index is 450. The molecule has 1 amide bonds. The van der Waals surface area contributed by atoms with Gasteiger partial charge in [0.2, 0.25) is 5.91 Å². The summed E-state index contributed by atoms with van der Waals surface area (Å²) in [5.41, 5.74) is 2.11. The molecule has 0 spiro atoms. The van der Waals surface area contributed by atoms with E-state index < -0.39 is 0 Å². The van der Waals surface area contributed by atoms with Crippen LogP contribution in [0.15, 0.2) is 24.3 Å². The normalized spacial score (nSPS) is 18.0. The fourth-order valence-corrected chi connectivity index (χ4v) is 3.12. The summed E-state index contributed by atoms with van der Waals surface area (Å²) in [7, 11) is 0. The Hall–Kier alpha value is -1.35. The number of hydrogen-bond donors (Lipinski definition) is 2. The number of benzene rings is 1. The van der Waals surface area contributed by atoms with Gasteiger partial charge in [-0.25, -0.2) is 0 Å². The van der Waals surface area contributed by atoms with E-state index in [-0.39, 0.29) is 5.91 Å². The van der Waals surface area contributed by atoms with Gasteiger partial charge in [-0.3, -0.25) is 4.79 Å². The van der Waals surface area contributed by atoms with Crippen LogP contribution >= 0.6 is 0 Å². The molecule has 3 heteroatoms. The Morgan fingerprint density at radius 3 is 2.62 bits per heavy atom. The summed E-state index contributed by atoms with van der Waals surface area (Å²) in [4.78, 5) is 11.1. The van der Waals surface area contributed by atoms with Crippen LogP contribution in [0.3, 0.4) is 0 Å². The molecule has 116 valence electrons. The van der Waals surface area contributed by atoms with Crippen molar-refractivity contribution < 1.29 is 4.79 Å². The first-order chi connectivity index (χ1) is 10.1. The van der Waals surface area contributed by atoms with Crippen molar-refractivity contribution in [3.8, 4) is 0 Å². The van der Waals surface area contributed by atoms with E-state index in [1.807, 2.05) is 12.1 Å². The van der Waals surface area contributed by atoms with Gasteiger partial charge in [-0.15, -0.1) is 0 Å². The van der Waals surface area contributed by atoms with Crippen LogP contribution in [-0.4, -0.2) is 12.5 Å². The number of hydrogen-bond acceptors (Lipinski definition) is 2. The van der Waals surface area contributed by atoms with Crippen molar-refractivity contribution in [2.45, 2.75) is 58.4 Å². The van der Waals surface area contributed by atoms with Crippen LogP contribution in [0, 0.1) is 5.92 Å². The third kappa shape index (κ3) is 5.50. The van der Waals surface area contributed by atoms with Crippen molar-refractivity contribution in [1.82, 2.24) is 5.32 Å². The molecule has 2 rings (SSSR count). The second-order valence-electron chi connectivity index (χ2n) is 6.29. The summed E-state index contributed by atoms with van der Waals surface area (Å²) in [6.07, 6.45) is 8.32. The minimum atomic E-state index is -0.0220. The van der Waals surface area contributed by atoms with Crippen LogP contribution in [0.25, 0.3) is 0 Å². The molecular weight excluding hydrogens is 260 g/mol. The van der Waals surface area contributed by atoms with Crippen LogP contribution in [-0.2, 0) is 4.79 Å². The predicted molar refractivity (Wildman–Crippen MR) is 88.4 cm³/mol. The van der Waals surface area contributed by atoms with Crippen LogP contribution in [0.2, 0.25) is 0 Å². The monoisotopic (exact) mass is 288 g/mol. The zero-order valence-electron chi connectivity index (χ0n) is 13.3. The minimum absolute atomic E-state index is 0.0220. The largest absolute Gasteiger partial charge is 0.326 e. The van der Waals surface area contributed by atoms with Crippen LogP contribution in [0.5, 0.6) is 0 Å². The van der Waals surface area contributed by atoms with Crippen molar-refractivity contribution in [1.29, 1.82) is 0 Å². The first-order valence-electron chi connectivity index (χ1n) is 8.26. The molecule has 1 aliphatic rings. The van der Waals surface area contributed by atoms with Crippen molar-refractivity contribution in [3.05, 3.63) is 29.8 Å². The number of carbonyl (C=O) groups is 1. The lowest BCUT2D eigenvalue weighted by Crippen LogP contribution is -2.25. The average molecular weight is 288 g/mol. The van der Waals surface area contributed by atoms with Gasteiger partial charge in [-0.1, -0.05) is 37.8 Å². The zero-order chi connectivity index (χ0) is 15.1. The van der Waals surface area contributed by atoms with E-state index in [4.69, 9.17) is 0 Å². The molecule has 21 heavy (non-hydrogen) atoms. The Morgan fingerprint density at radius 2 is 1.95 bits per heavy atom. The highest BCUT2D eigenvalue weighted by Gasteiger charge is 2.14. The standard InChI is InChI=1S/C18H28N2O/c1-14(19-13-16-8-5-3-4-6-9-16)17-10-7-11-18(12-17)20-15(2)21/h7,10-12,14,16,19H,3-6,8-9,13H2,1-2H3,(H,20,21). The van der Waals surface area contributed by atoms with E-state index >= 15 is 0 Å². The smallest absolute Gasteiger partial charge is 0.221 e. The molecule has 3 nitrogen and oxygen atoms in total. The van der Waals surface area contributed by atoms with E-state index in [0.29, 0.717) is 6.04 Å². The number of anilines is 1. The molecule has 0 radical (unpaired) electrons. The van der Waals surface area contributed by atoms with Gasteiger partial charge in [-0.2, -0.15) is 0 Å². The Balaban J connectivity index is 1.87. The van der Waals surface area contributed by atoms with E-state index in [2.05, 4.69) is 29.7 Å². The third-order valence-corrected chi connectivity index (χ3v) is 4.39. The van der Waals surface area contributed by atoms with Gasteiger partial charge >= 0.3 is 0 Å². The highest BCUT2D eigenvalue weighted by atomic mass is 16.1. The quantitative estimate of drug-likeness (QED) is 0.795. The van der Waals surface area contributed by atoms with E-state index in [0.717, 1.165) is 18.2 Å². The second-order valence-corrected chi connectivity index (χ2v) is 6.29. The molecule has 1 atom stereocenters. The summed E-state index contributed by atoms with van der Waals surface area (Å²) in [5, 5.41) is 6.51. The van der Waals surface area contributed by atoms with Crippen LogP contribution in [0.1, 0.15) is 64.0 Å². The van der Waals surface area contributed by atoms with Crippen LogP contribution < -0.4 is 10.6 Å². The SMILES string of the molecule is CC(=O)Nc1cccc(C(C)NCC2CCCCCC2)c1. The number of nitrogens with one attached hydrogen (secondary N) is 2. The molecule has 1 saturated carbocycles. The fourth-order valence-electron chi connectivity index (χ4n) is 3.12. The summed E-state index contributed by atoms with van der Waals surface area (Å²) in [5.74, 6) is 0.805. The van der Waals surface area contributed by atoms with Crippen molar-refractivity contribution >= 4 is 11.6 Å². The molecule has 2 N–H and O–H groups in total. The lowest BCUT2D eigenvalue weighted by atomic mass is 9.99. The molecule has 0 aliphatic heterocycles. The molecule has 1 aromatic carbocycles. The first-order valence-corrected chi connectivity index (χ1v) is 8.26. The fraction of sp³-hybridized carbons (Fsp3) is 0.611. The summed E-state index contributed by atoms with van der Waals surface area (Å²) < 4.78 is 0. The van der Waals surface area contributed by atoms with Gasteiger partial charge < -0.3 is 10.6 Å². The minimum Gasteiger partial charge on any atom is -0.326 e. The zero-order valence-corrected chi connectivity index (χ0v) is 13.3. The van der Waals surface area contributed by atoms with E-state index in [1.165, 1.54) is 44.1 Å². The molecule has 1 unspecified atom stereocenters. The maximum Gasteiger partial charge on any atom is 0.221 e. The number of carbonyl (C=O) groups excluding carboxylic acids is 1. The molecule has 0 heterocycles. The van der Waals surface area contributed by atoms with Gasteiger partial charge in [0.25, 0.3) is 0 Å². The Kier molecular flexibility index (Phi) is 6.24. The van der Waals surface area contributed by atoms with Crippen LogP contribution in [0.4, 0.5) is 5.69 Å². The van der Waals surface area contributed by atoms with Gasteiger partial charge in [-0.05, 0) is 49.9 Å². The number of rotatable bonds is 5. The summed E-state index contributed by atoms with van der Waals surface area (Å²) in [6.45, 7) is 4.84. The number of amides is 1. The van der Waals surface area contributed by atoms with Crippen molar-refractivity contribution in [2.24, 2.45) is 5.92 Å². The first kappa shape index (κ1) is 16.0. The average Bonchev–Trinajstić information content (AvgIpc) is 2.73. The van der Waals surface area contributed by atoms with Gasteiger partial charge in [0.05, 0.1) is 0 Å². The molecule has 1 aliphatic carbocycles. The van der Waals surface area contributed by atoms with Gasteiger partial charge in [0, 0.05) is 18.7 Å².